The van der Waals surface area contributed by atoms with E-state index in [2.05, 4.69) is 30.7 Å². The Balaban J connectivity index is 1.56. The number of nitrogens with zero attached hydrogens (tertiary/aromatic N) is 3. The molecule has 10 nitrogen and oxygen atoms in total. The van der Waals surface area contributed by atoms with Crippen LogP contribution in [0.3, 0.4) is 0 Å². The maximum absolute atomic E-state index is 13.4. The molecule has 0 saturated carbocycles. The Morgan fingerprint density at radius 2 is 1.89 bits per heavy atom. The molecule has 10 heteroatoms. The second kappa shape index (κ2) is 11.9. The highest BCUT2D eigenvalue weighted by molar-refractivity contribution is 6.05. The predicted molar refractivity (Wildman–Crippen MR) is 148 cm³/mol. The molecule has 2 aliphatic rings. The van der Waals surface area contributed by atoms with Crippen LogP contribution in [0.5, 0.6) is 0 Å². The lowest BCUT2D eigenvalue weighted by atomic mass is 10.0. The fraction of sp³-hybridized carbons (Fsp3) is 0.556. The number of amides is 1. The van der Waals surface area contributed by atoms with Gasteiger partial charge in [0, 0.05) is 80.9 Å². The maximum Gasteiger partial charge on any atom is 0.253 e. The number of aromatic amines is 1. The van der Waals surface area contributed by atoms with E-state index < -0.39 is 0 Å². The third-order valence-electron chi connectivity index (χ3n) is 7.24. The number of aromatic nitrogens is 2. The molecule has 200 valence electrons. The first-order valence-electron chi connectivity index (χ1n) is 13.3. The smallest absolute Gasteiger partial charge is 0.253 e. The molecule has 0 aliphatic carbocycles. The molecule has 37 heavy (non-hydrogen) atoms. The molecule has 1 amide bonds. The summed E-state index contributed by atoms with van der Waals surface area (Å²) in [5.74, 6) is 0.937. The van der Waals surface area contributed by atoms with Crippen molar-refractivity contribution in [1.29, 1.82) is 5.41 Å². The van der Waals surface area contributed by atoms with Gasteiger partial charge in [-0.15, -0.1) is 0 Å². The highest BCUT2D eigenvalue weighted by Crippen LogP contribution is 2.27. The van der Waals surface area contributed by atoms with Crippen LogP contribution in [0.4, 0.5) is 11.6 Å². The van der Waals surface area contributed by atoms with Crippen LogP contribution < -0.4 is 26.4 Å². The lowest BCUT2D eigenvalue weighted by molar-refractivity contribution is 0.0950. The minimum Gasteiger partial charge on any atom is -0.367 e. The standard InChI is InChI=1S/C27H40N8O2/c1-17(2)31-25-22(15-28)21(26(36)30-16-23-18(3)13-19(4)32-27(23)37)14-24(33-25)35-9-5-20(6-10-35)34-11-7-29-8-12-34/h13-15,17,20,28-29H,5-12,16H2,1-4H3,(H,30,36)(H,31,33)(H,32,37). The zero-order valence-electron chi connectivity index (χ0n) is 22.4. The Morgan fingerprint density at radius 1 is 1.19 bits per heavy atom. The molecule has 4 heterocycles. The van der Waals surface area contributed by atoms with Crippen LogP contribution in [0.1, 0.15) is 59.4 Å². The highest BCUT2D eigenvalue weighted by atomic mass is 16.1. The minimum atomic E-state index is -0.330. The van der Waals surface area contributed by atoms with Crippen molar-refractivity contribution in [2.24, 2.45) is 0 Å². The van der Waals surface area contributed by atoms with Crippen LogP contribution >= 0.6 is 0 Å². The van der Waals surface area contributed by atoms with Crippen LogP contribution in [-0.2, 0) is 6.54 Å². The van der Waals surface area contributed by atoms with Gasteiger partial charge in [-0.3, -0.25) is 14.5 Å². The van der Waals surface area contributed by atoms with E-state index in [1.54, 1.807) is 6.07 Å². The topological polar surface area (TPSA) is 129 Å². The third-order valence-corrected chi connectivity index (χ3v) is 7.24. The van der Waals surface area contributed by atoms with Gasteiger partial charge in [-0.1, -0.05) is 0 Å². The van der Waals surface area contributed by atoms with Gasteiger partial charge in [0.05, 0.1) is 5.56 Å². The zero-order chi connectivity index (χ0) is 26.5. The molecular weight excluding hydrogens is 468 g/mol. The van der Waals surface area contributed by atoms with Crippen molar-refractivity contribution >= 4 is 23.8 Å². The SMILES string of the molecule is Cc1cc(C)c(CNC(=O)c2cc(N3CCC(N4CCNCC4)CC3)nc(NC(C)C)c2C=N)c(=O)[nH]1. The molecule has 4 rings (SSSR count). The van der Waals surface area contributed by atoms with Crippen molar-refractivity contribution in [1.82, 2.24) is 25.5 Å². The molecule has 0 bridgehead atoms. The molecule has 2 fully saturated rings. The number of hydrogen-bond acceptors (Lipinski definition) is 8. The Labute approximate surface area is 218 Å². The molecular formula is C27H40N8O2. The fourth-order valence-corrected chi connectivity index (χ4v) is 5.29. The summed E-state index contributed by atoms with van der Waals surface area (Å²) >= 11 is 0. The van der Waals surface area contributed by atoms with E-state index in [0.717, 1.165) is 69.2 Å². The predicted octanol–water partition coefficient (Wildman–Crippen LogP) is 2.01. The molecule has 2 saturated heterocycles. The number of rotatable bonds is 8. The van der Waals surface area contributed by atoms with E-state index in [0.29, 0.717) is 28.6 Å². The van der Waals surface area contributed by atoms with Gasteiger partial charge in [-0.25, -0.2) is 4.98 Å². The van der Waals surface area contributed by atoms with Gasteiger partial charge in [0.25, 0.3) is 11.5 Å². The van der Waals surface area contributed by atoms with Crippen molar-refractivity contribution in [3.8, 4) is 0 Å². The van der Waals surface area contributed by atoms with Crippen LogP contribution in [0.15, 0.2) is 16.9 Å². The number of piperazine rings is 1. The van der Waals surface area contributed by atoms with Crippen LogP contribution in [0, 0.1) is 19.3 Å². The second-order valence-corrected chi connectivity index (χ2v) is 10.4. The normalized spacial score (nSPS) is 17.2. The quantitative estimate of drug-likeness (QED) is 0.345. The van der Waals surface area contributed by atoms with Gasteiger partial charge < -0.3 is 31.2 Å². The Bertz CT molecular complexity index is 1180. The van der Waals surface area contributed by atoms with E-state index in [1.165, 1.54) is 6.21 Å². The summed E-state index contributed by atoms with van der Waals surface area (Å²) in [4.78, 5) is 38.3. The van der Waals surface area contributed by atoms with Crippen molar-refractivity contribution in [3.63, 3.8) is 0 Å². The largest absolute Gasteiger partial charge is 0.367 e. The number of pyridine rings is 2. The number of carbonyl (C=O) groups excluding carboxylic acids is 1. The molecule has 0 unspecified atom stereocenters. The zero-order valence-corrected chi connectivity index (χ0v) is 22.4. The first-order valence-corrected chi connectivity index (χ1v) is 13.3. The second-order valence-electron chi connectivity index (χ2n) is 10.4. The number of carbonyl (C=O) groups is 1. The molecule has 0 atom stereocenters. The molecule has 2 aromatic rings. The van der Waals surface area contributed by atoms with Crippen LogP contribution in [-0.4, -0.2) is 78.3 Å². The molecule has 2 aliphatic heterocycles. The van der Waals surface area contributed by atoms with Crippen molar-refractivity contribution in [3.05, 3.63) is 50.4 Å². The Morgan fingerprint density at radius 3 is 2.51 bits per heavy atom. The summed E-state index contributed by atoms with van der Waals surface area (Å²) in [6.07, 6.45) is 3.28. The van der Waals surface area contributed by atoms with Crippen LogP contribution in [0.25, 0.3) is 0 Å². The van der Waals surface area contributed by atoms with E-state index in [-0.39, 0.29) is 24.1 Å². The number of piperidine rings is 1. The summed E-state index contributed by atoms with van der Waals surface area (Å²) < 4.78 is 0. The van der Waals surface area contributed by atoms with Gasteiger partial charge >= 0.3 is 0 Å². The maximum atomic E-state index is 13.4. The third kappa shape index (κ3) is 6.37. The van der Waals surface area contributed by atoms with Gasteiger partial charge in [0.1, 0.15) is 11.6 Å². The van der Waals surface area contributed by atoms with Crippen LogP contribution in [0.2, 0.25) is 0 Å². The number of aryl methyl sites for hydroxylation is 2. The lowest BCUT2D eigenvalue weighted by Gasteiger charge is -2.40. The Kier molecular flexibility index (Phi) is 8.60. The summed E-state index contributed by atoms with van der Waals surface area (Å²) in [6.45, 7) is 13.8. The van der Waals surface area contributed by atoms with Gasteiger partial charge in [-0.05, 0) is 58.2 Å². The molecule has 0 aromatic carbocycles. The molecule has 0 radical (unpaired) electrons. The van der Waals surface area contributed by atoms with E-state index in [9.17, 15) is 9.59 Å². The summed E-state index contributed by atoms with van der Waals surface area (Å²) in [7, 11) is 0. The van der Waals surface area contributed by atoms with E-state index in [1.807, 2.05) is 33.8 Å². The van der Waals surface area contributed by atoms with Gasteiger partial charge in [-0.2, -0.15) is 0 Å². The lowest BCUT2D eigenvalue weighted by Crippen LogP contribution is -2.52. The number of anilines is 2. The first kappa shape index (κ1) is 26.8. The van der Waals surface area contributed by atoms with Crippen molar-refractivity contribution in [2.45, 2.75) is 59.2 Å². The highest BCUT2D eigenvalue weighted by Gasteiger charge is 2.27. The Hall–Kier alpha value is -3.24. The number of H-pyrrole nitrogens is 1. The molecule has 0 spiro atoms. The van der Waals surface area contributed by atoms with Crippen molar-refractivity contribution in [2.75, 3.05) is 49.5 Å². The van der Waals surface area contributed by atoms with Crippen molar-refractivity contribution < 1.29 is 4.79 Å². The van der Waals surface area contributed by atoms with E-state index in [4.69, 9.17) is 10.4 Å². The monoisotopic (exact) mass is 508 g/mol. The van der Waals surface area contributed by atoms with Gasteiger partial charge in [0.2, 0.25) is 0 Å². The number of hydrogen-bond donors (Lipinski definition) is 5. The summed E-state index contributed by atoms with van der Waals surface area (Å²) in [5.41, 5.74) is 2.77. The average Bonchev–Trinajstić information content (AvgIpc) is 2.87. The summed E-state index contributed by atoms with van der Waals surface area (Å²) in [6, 6.07) is 4.35. The molecule has 5 N–H and O–H groups in total. The fourth-order valence-electron chi connectivity index (χ4n) is 5.29. The van der Waals surface area contributed by atoms with E-state index >= 15 is 0 Å². The number of nitrogens with one attached hydrogen (secondary N) is 5. The molecule has 2 aromatic heterocycles. The first-order chi connectivity index (χ1) is 17.8. The minimum absolute atomic E-state index is 0.0876. The average molecular weight is 509 g/mol. The van der Waals surface area contributed by atoms with Gasteiger partial charge in [0.15, 0.2) is 0 Å². The summed E-state index contributed by atoms with van der Waals surface area (Å²) in [5, 5.41) is 17.7.